The zero-order valence-corrected chi connectivity index (χ0v) is 19.9. The molecule has 1 fully saturated rings. The molecule has 0 radical (unpaired) electrons. The summed E-state index contributed by atoms with van der Waals surface area (Å²) in [6, 6.07) is 16.2. The van der Waals surface area contributed by atoms with Crippen LogP contribution in [0, 0.1) is 0 Å². The number of nitrogens with zero attached hydrogens (tertiary/aromatic N) is 2. The van der Waals surface area contributed by atoms with Crippen LogP contribution in [0.5, 0.6) is 0 Å². The van der Waals surface area contributed by atoms with Gasteiger partial charge in [0.1, 0.15) is 11.6 Å². The summed E-state index contributed by atoms with van der Waals surface area (Å²) >= 11 is 0. The molecule has 2 aromatic heterocycles. The zero-order chi connectivity index (χ0) is 23.1. The van der Waals surface area contributed by atoms with E-state index in [0.717, 1.165) is 54.4 Å². The SMILES string of the molecule is CN[C@@H](C)c1ncc(-c2ccc(-c3ccc4c(c3)CCCc3[nH]c(C5CCCN5)nc3-4)cc2)[nH]1. The minimum Gasteiger partial charge on any atom is -0.344 e. The number of imidazole rings is 2. The smallest absolute Gasteiger partial charge is 0.124 e. The van der Waals surface area contributed by atoms with Crippen molar-refractivity contribution in [1.82, 2.24) is 30.6 Å². The average Bonchev–Trinajstić information content (AvgIpc) is 3.63. The molecule has 6 rings (SSSR count). The molecule has 3 heterocycles. The van der Waals surface area contributed by atoms with E-state index < -0.39 is 0 Å². The maximum atomic E-state index is 5.07. The molecule has 174 valence electrons. The fraction of sp³-hybridized carbons (Fsp3) is 0.357. The van der Waals surface area contributed by atoms with Crippen molar-refractivity contribution in [2.45, 2.75) is 51.1 Å². The molecule has 34 heavy (non-hydrogen) atoms. The van der Waals surface area contributed by atoms with E-state index >= 15 is 0 Å². The van der Waals surface area contributed by atoms with Gasteiger partial charge in [-0.15, -0.1) is 0 Å². The van der Waals surface area contributed by atoms with Crippen LogP contribution >= 0.6 is 0 Å². The highest BCUT2D eigenvalue weighted by atomic mass is 15.0. The van der Waals surface area contributed by atoms with Crippen molar-refractivity contribution >= 4 is 0 Å². The summed E-state index contributed by atoms with van der Waals surface area (Å²) in [7, 11) is 1.95. The van der Waals surface area contributed by atoms with Crippen LogP contribution < -0.4 is 10.6 Å². The summed E-state index contributed by atoms with van der Waals surface area (Å²) in [6.45, 7) is 3.19. The third-order valence-electron chi connectivity index (χ3n) is 7.39. The summed E-state index contributed by atoms with van der Waals surface area (Å²) in [6.07, 6.45) is 7.61. The molecule has 2 atom stereocenters. The van der Waals surface area contributed by atoms with Crippen LogP contribution in [0.1, 0.15) is 61.2 Å². The monoisotopic (exact) mass is 452 g/mol. The number of aromatic amines is 2. The second-order valence-corrected chi connectivity index (χ2v) is 9.59. The lowest BCUT2D eigenvalue weighted by Gasteiger charge is -2.10. The topological polar surface area (TPSA) is 81.4 Å². The first-order valence-corrected chi connectivity index (χ1v) is 12.5. The van der Waals surface area contributed by atoms with Crippen molar-refractivity contribution in [2.24, 2.45) is 0 Å². The summed E-state index contributed by atoms with van der Waals surface area (Å²) in [4.78, 5) is 16.7. The quantitative estimate of drug-likeness (QED) is 0.330. The largest absolute Gasteiger partial charge is 0.344 e. The Morgan fingerprint density at radius 1 is 0.971 bits per heavy atom. The summed E-state index contributed by atoms with van der Waals surface area (Å²) in [5, 5.41) is 6.80. The lowest BCUT2D eigenvalue weighted by molar-refractivity contribution is 0.610. The minimum absolute atomic E-state index is 0.202. The van der Waals surface area contributed by atoms with E-state index in [2.05, 4.69) is 75.0 Å². The fourth-order valence-electron chi connectivity index (χ4n) is 5.27. The van der Waals surface area contributed by atoms with Crippen molar-refractivity contribution < 1.29 is 0 Å². The van der Waals surface area contributed by atoms with Gasteiger partial charge in [-0.25, -0.2) is 9.97 Å². The van der Waals surface area contributed by atoms with Gasteiger partial charge in [0.15, 0.2) is 0 Å². The van der Waals surface area contributed by atoms with Gasteiger partial charge >= 0.3 is 0 Å². The molecule has 2 aromatic carbocycles. The number of nitrogens with one attached hydrogen (secondary N) is 4. The number of rotatable bonds is 5. The van der Waals surface area contributed by atoms with Crippen molar-refractivity contribution in [1.29, 1.82) is 0 Å². The van der Waals surface area contributed by atoms with Crippen LogP contribution in [0.4, 0.5) is 0 Å². The number of fused-ring (bicyclic) bond motifs is 3. The van der Waals surface area contributed by atoms with Crippen molar-refractivity contribution in [3.05, 3.63) is 71.6 Å². The Morgan fingerprint density at radius 2 is 1.79 bits per heavy atom. The Labute approximate surface area is 200 Å². The summed E-state index contributed by atoms with van der Waals surface area (Å²) < 4.78 is 0. The molecule has 1 saturated heterocycles. The number of hydrogen-bond acceptors (Lipinski definition) is 4. The summed E-state index contributed by atoms with van der Waals surface area (Å²) in [5.74, 6) is 2.07. The second kappa shape index (κ2) is 8.85. The molecule has 0 amide bonds. The van der Waals surface area contributed by atoms with Crippen molar-refractivity contribution in [3.63, 3.8) is 0 Å². The van der Waals surface area contributed by atoms with Crippen LogP contribution in [0.3, 0.4) is 0 Å². The van der Waals surface area contributed by atoms with Crippen LogP contribution in [0.2, 0.25) is 0 Å². The van der Waals surface area contributed by atoms with Crippen LogP contribution in [0.25, 0.3) is 33.6 Å². The molecule has 0 saturated carbocycles. The zero-order valence-electron chi connectivity index (χ0n) is 19.9. The number of hydrogen-bond donors (Lipinski definition) is 4. The minimum atomic E-state index is 0.202. The Bertz CT molecular complexity index is 1290. The third kappa shape index (κ3) is 3.87. The molecule has 2 aliphatic rings. The molecular formula is C28H32N6. The van der Waals surface area contributed by atoms with Gasteiger partial charge in [-0.2, -0.15) is 0 Å². The van der Waals surface area contributed by atoms with E-state index in [1.807, 2.05) is 13.2 Å². The maximum absolute atomic E-state index is 5.07. The lowest BCUT2D eigenvalue weighted by Crippen LogP contribution is -2.14. The predicted molar refractivity (Wildman–Crippen MR) is 137 cm³/mol. The molecule has 1 aliphatic heterocycles. The molecule has 6 heteroatoms. The van der Waals surface area contributed by atoms with Gasteiger partial charge in [-0.3, -0.25) is 0 Å². The molecule has 0 spiro atoms. The first kappa shape index (κ1) is 21.3. The van der Waals surface area contributed by atoms with Crippen LogP contribution in [0.15, 0.2) is 48.7 Å². The number of aromatic nitrogens is 4. The Hall–Kier alpha value is -3.22. The predicted octanol–water partition coefficient (Wildman–Crippen LogP) is 5.33. The van der Waals surface area contributed by atoms with E-state index in [1.165, 1.54) is 40.8 Å². The fourth-order valence-corrected chi connectivity index (χ4v) is 5.27. The van der Waals surface area contributed by atoms with Gasteiger partial charge < -0.3 is 20.6 Å². The van der Waals surface area contributed by atoms with E-state index in [9.17, 15) is 0 Å². The molecule has 6 nitrogen and oxygen atoms in total. The molecule has 1 unspecified atom stereocenters. The van der Waals surface area contributed by atoms with E-state index in [0.29, 0.717) is 6.04 Å². The highest BCUT2D eigenvalue weighted by molar-refractivity contribution is 5.75. The van der Waals surface area contributed by atoms with E-state index in [1.54, 1.807) is 0 Å². The van der Waals surface area contributed by atoms with Crippen molar-refractivity contribution in [2.75, 3.05) is 13.6 Å². The maximum Gasteiger partial charge on any atom is 0.124 e. The first-order chi connectivity index (χ1) is 16.7. The third-order valence-corrected chi connectivity index (χ3v) is 7.39. The van der Waals surface area contributed by atoms with Gasteiger partial charge in [0.2, 0.25) is 0 Å². The Balaban J connectivity index is 1.28. The average molecular weight is 453 g/mol. The van der Waals surface area contributed by atoms with E-state index in [-0.39, 0.29) is 6.04 Å². The van der Waals surface area contributed by atoms with Crippen molar-refractivity contribution in [3.8, 4) is 33.6 Å². The standard InChI is InChI=1S/C28H32N6/c1-17(29-2)27-31-16-25(33-27)19-10-8-18(9-11-19)20-12-13-22-21(15-20)5-3-6-23-26(22)34-28(32-23)24-7-4-14-30-24/h8-13,15-17,24,29-30H,3-7,14H2,1-2H3,(H,31,33)(H,32,34)/t17-,24?/m0/s1. The lowest BCUT2D eigenvalue weighted by atomic mass is 9.95. The molecule has 4 aromatic rings. The molecule has 4 N–H and O–H groups in total. The Morgan fingerprint density at radius 3 is 2.59 bits per heavy atom. The van der Waals surface area contributed by atoms with Gasteiger partial charge in [0.05, 0.1) is 29.7 Å². The Kier molecular flexibility index (Phi) is 5.55. The highest BCUT2D eigenvalue weighted by Crippen LogP contribution is 2.36. The van der Waals surface area contributed by atoms with Gasteiger partial charge in [0, 0.05) is 11.3 Å². The summed E-state index contributed by atoms with van der Waals surface area (Å²) in [5.41, 5.74) is 9.83. The second-order valence-electron chi connectivity index (χ2n) is 9.59. The molecule has 1 aliphatic carbocycles. The van der Waals surface area contributed by atoms with E-state index in [4.69, 9.17) is 4.98 Å². The number of H-pyrrole nitrogens is 2. The number of aryl methyl sites for hydroxylation is 2. The van der Waals surface area contributed by atoms with Crippen LogP contribution in [-0.4, -0.2) is 33.5 Å². The highest BCUT2D eigenvalue weighted by Gasteiger charge is 2.24. The molecule has 0 bridgehead atoms. The van der Waals surface area contributed by atoms with Gasteiger partial charge in [-0.1, -0.05) is 42.5 Å². The first-order valence-electron chi connectivity index (χ1n) is 12.5. The molecular weight excluding hydrogens is 420 g/mol. The van der Waals surface area contributed by atoms with Gasteiger partial charge in [-0.05, 0) is 74.9 Å². The number of benzene rings is 2. The normalized spacial score (nSPS) is 18.4. The van der Waals surface area contributed by atoms with Gasteiger partial charge in [0.25, 0.3) is 0 Å². The van der Waals surface area contributed by atoms with Crippen LogP contribution in [-0.2, 0) is 12.8 Å².